The van der Waals surface area contributed by atoms with Crippen molar-refractivity contribution in [1.29, 1.82) is 0 Å². The summed E-state index contributed by atoms with van der Waals surface area (Å²) in [6.45, 7) is 9.57. The van der Waals surface area contributed by atoms with E-state index in [0.717, 1.165) is 19.8 Å². The molecule has 0 aromatic heterocycles. The molecule has 0 aliphatic carbocycles. The van der Waals surface area contributed by atoms with Crippen molar-refractivity contribution in [3.05, 3.63) is 0 Å². The van der Waals surface area contributed by atoms with E-state index in [-0.39, 0.29) is 0 Å². The van der Waals surface area contributed by atoms with Crippen LogP contribution < -0.4 is 5.32 Å². The Morgan fingerprint density at radius 1 is 1.27 bits per heavy atom. The molecule has 1 N–H and O–H groups in total. The summed E-state index contributed by atoms with van der Waals surface area (Å²) in [6, 6.07) is 0.661. The molecule has 1 aliphatic heterocycles. The van der Waals surface area contributed by atoms with Crippen molar-refractivity contribution in [2.75, 3.05) is 19.8 Å². The van der Waals surface area contributed by atoms with Gasteiger partial charge < -0.3 is 10.1 Å². The highest BCUT2D eigenvalue weighted by Gasteiger charge is 2.26. The van der Waals surface area contributed by atoms with Gasteiger partial charge in [-0.05, 0) is 18.4 Å². The zero-order valence-corrected chi connectivity index (χ0v) is 7.76. The minimum Gasteiger partial charge on any atom is -0.381 e. The molecule has 1 saturated heterocycles. The third-order valence-electron chi connectivity index (χ3n) is 2.43. The second-order valence-corrected chi connectivity index (χ2v) is 3.58. The molecule has 0 unspecified atom stereocenters. The van der Waals surface area contributed by atoms with Crippen molar-refractivity contribution >= 4 is 0 Å². The summed E-state index contributed by atoms with van der Waals surface area (Å²) in [7, 11) is 0. The van der Waals surface area contributed by atoms with Gasteiger partial charge in [0.15, 0.2) is 0 Å². The minimum absolute atomic E-state index is 0.661. The van der Waals surface area contributed by atoms with Crippen molar-refractivity contribution < 1.29 is 4.74 Å². The van der Waals surface area contributed by atoms with E-state index in [2.05, 4.69) is 26.1 Å². The first-order valence-electron chi connectivity index (χ1n) is 4.56. The quantitative estimate of drug-likeness (QED) is 0.651. The summed E-state index contributed by atoms with van der Waals surface area (Å²) in [6.07, 6.45) is 0. The Morgan fingerprint density at radius 2 is 1.82 bits per heavy atom. The maximum Gasteiger partial charge on any atom is 0.0506 e. The summed E-state index contributed by atoms with van der Waals surface area (Å²) in [4.78, 5) is 0. The highest BCUT2D eigenvalue weighted by atomic mass is 16.5. The van der Waals surface area contributed by atoms with Gasteiger partial charge in [0.2, 0.25) is 0 Å². The van der Waals surface area contributed by atoms with Crippen LogP contribution in [0.3, 0.4) is 0 Å². The van der Waals surface area contributed by atoms with Gasteiger partial charge in [-0.2, -0.15) is 0 Å². The standard InChI is InChI=1S/C9H19NO/c1-4-10-9-7(2)5-11-6-8(9)3/h7-10H,4-6H2,1-3H3/t7-,8-/m1/s1. The van der Waals surface area contributed by atoms with Gasteiger partial charge in [0.25, 0.3) is 0 Å². The molecule has 0 amide bonds. The van der Waals surface area contributed by atoms with E-state index in [4.69, 9.17) is 4.74 Å². The van der Waals surface area contributed by atoms with Crippen LogP contribution in [0.5, 0.6) is 0 Å². The lowest BCUT2D eigenvalue weighted by molar-refractivity contribution is 0.00255. The molecule has 0 saturated carbocycles. The molecule has 0 radical (unpaired) electrons. The predicted molar refractivity (Wildman–Crippen MR) is 46.6 cm³/mol. The second-order valence-electron chi connectivity index (χ2n) is 3.58. The Kier molecular flexibility index (Phi) is 3.34. The van der Waals surface area contributed by atoms with Crippen LogP contribution >= 0.6 is 0 Å². The third kappa shape index (κ3) is 2.17. The molecular formula is C9H19NO. The SMILES string of the molecule is CCNC1[C@H](C)COC[C@H]1C. The molecule has 0 aromatic rings. The van der Waals surface area contributed by atoms with Crippen LogP contribution in [0.15, 0.2) is 0 Å². The Morgan fingerprint density at radius 3 is 2.27 bits per heavy atom. The number of hydrogen-bond acceptors (Lipinski definition) is 2. The largest absolute Gasteiger partial charge is 0.381 e. The summed E-state index contributed by atoms with van der Waals surface area (Å²) in [5.74, 6) is 1.33. The Labute approximate surface area is 69.3 Å². The first kappa shape index (κ1) is 9.01. The summed E-state index contributed by atoms with van der Waals surface area (Å²) >= 11 is 0. The average Bonchev–Trinajstić information content (AvgIpc) is 1.97. The van der Waals surface area contributed by atoms with E-state index in [1.165, 1.54) is 0 Å². The first-order valence-corrected chi connectivity index (χ1v) is 4.56. The van der Waals surface area contributed by atoms with E-state index >= 15 is 0 Å². The van der Waals surface area contributed by atoms with Gasteiger partial charge >= 0.3 is 0 Å². The van der Waals surface area contributed by atoms with Crippen molar-refractivity contribution in [1.82, 2.24) is 5.32 Å². The smallest absolute Gasteiger partial charge is 0.0506 e. The van der Waals surface area contributed by atoms with Gasteiger partial charge in [0, 0.05) is 6.04 Å². The topological polar surface area (TPSA) is 21.3 Å². The van der Waals surface area contributed by atoms with Crippen molar-refractivity contribution in [2.24, 2.45) is 11.8 Å². The van der Waals surface area contributed by atoms with E-state index < -0.39 is 0 Å². The number of rotatable bonds is 2. The zero-order chi connectivity index (χ0) is 8.27. The van der Waals surface area contributed by atoms with Crippen molar-refractivity contribution in [2.45, 2.75) is 26.8 Å². The number of hydrogen-bond donors (Lipinski definition) is 1. The van der Waals surface area contributed by atoms with Crippen LogP contribution in [-0.2, 0) is 4.74 Å². The molecule has 66 valence electrons. The number of ether oxygens (including phenoxy) is 1. The lowest BCUT2D eigenvalue weighted by atomic mass is 9.89. The normalized spacial score (nSPS) is 34.1. The van der Waals surface area contributed by atoms with Crippen LogP contribution in [0.25, 0.3) is 0 Å². The molecular weight excluding hydrogens is 138 g/mol. The van der Waals surface area contributed by atoms with E-state index in [0.29, 0.717) is 17.9 Å². The fourth-order valence-corrected chi connectivity index (χ4v) is 1.85. The molecule has 11 heavy (non-hydrogen) atoms. The molecule has 0 aromatic carbocycles. The molecule has 1 rings (SSSR count). The lowest BCUT2D eigenvalue weighted by Crippen LogP contribution is -2.47. The van der Waals surface area contributed by atoms with E-state index in [1.807, 2.05) is 0 Å². The fraction of sp³-hybridized carbons (Fsp3) is 1.00. The summed E-state index contributed by atoms with van der Waals surface area (Å²) in [5.41, 5.74) is 0. The second kappa shape index (κ2) is 4.07. The minimum atomic E-state index is 0.661. The van der Waals surface area contributed by atoms with Gasteiger partial charge in [0.05, 0.1) is 13.2 Å². The highest BCUT2D eigenvalue weighted by Crippen LogP contribution is 2.19. The van der Waals surface area contributed by atoms with Crippen LogP contribution in [0, 0.1) is 11.8 Å². The summed E-state index contributed by atoms with van der Waals surface area (Å²) in [5, 5.41) is 3.50. The van der Waals surface area contributed by atoms with Crippen molar-refractivity contribution in [3.63, 3.8) is 0 Å². The molecule has 1 fully saturated rings. The van der Waals surface area contributed by atoms with Gasteiger partial charge in [-0.15, -0.1) is 0 Å². The van der Waals surface area contributed by atoms with Crippen LogP contribution in [0.1, 0.15) is 20.8 Å². The van der Waals surface area contributed by atoms with Crippen LogP contribution in [0.2, 0.25) is 0 Å². The molecule has 2 nitrogen and oxygen atoms in total. The summed E-state index contributed by atoms with van der Waals surface area (Å²) < 4.78 is 5.43. The van der Waals surface area contributed by atoms with Crippen LogP contribution in [0.4, 0.5) is 0 Å². The Bertz CT molecular complexity index is 106. The molecule has 0 spiro atoms. The first-order chi connectivity index (χ1) is 5.25. The van der Waals surface area contributed by atoms with Gasteiger partial charge in [0.1, 0.15) is 0 Å². The van der Waals surface area contributed by atoms with E-state index in [1.54, 1.807) is 0 Å². The van der Waals surface area contributed by atoms with Gasteiger partial charge in [-0.1, -0.05) is 20.8 Å². The lowest BCUT2D eigenvalue weighted by Gasteiger charge is -2.34. The Balaban J connectivity index is 2.41. The molecule has 1 heterocycles. The maximum absolute atomic E-state index is 5.43. The highest BCUT2D eigenvalue weighted by molar-refractivity contribution is 4.81. The molecule has 0 bridgehead atoms. The average molecular weight is 157 g/mol. The molecule has 2 atom stereocenters. The zero-order valence-electron chi connectivity index (χ0n) is 7.76. The van der Waals surface area contributed by atoms with Gasteiger partial charge in [-0.3, -0.25) is 0 Å². The fourth-order valence-electron chi connectivity index (χ4n) is 1.85. The maximum atomic E-state index is 5.43. The predicted octanol–water partition coefficient (Wildman–Crippen LogP) is 1.27. The van der Waals surface area contributed by atoms with Crippen molar-refractivity contribution in [3.8, 4) is 0 Å². The van der Waals surface area contributed by atoms with Gasteiger partial charge in [-0.25, -0.2) is 0 Å². The molecule has 1 aliphatic rings. The molecule has 2 heteroatoms. The van der Waals surface area contributed by atoms with E-state index in [9.17, 15) is 0 Å². The monoisotopic (exact) mass is 157 g/mol. The third-order valence-corrected chi connectivity index (χ3v) is 2.43. The Hall–Kier alpha value is -0.0800. The number of nitrogens with one attached hydrogen (secondary N) is 1. The van der Waals surface area contributed by atoms with Crippen LogP contribution in [-0.4, -0.2) is 25.8 Å².